The molecule has 1 aliphatic carbocycles. The monoisotopic (exact) mass is 419 g/mol. The van der Waals surface area contributed by atoms with Crippen LogP contribution in [0.15, 0.2) is 17.3 Å². The molecular weight excluding hydrogens is 389 g/mol. The van der Waals surface area contributed by atoms with E-state index in [0.717, 1.165) is 30.7 Å². The van der Waals surface area contributed by atoms with E-state index < -0.39 is 0 Å². The second-order valence-corrected chi connectivity index (χ2v) is 6.68. The highest BCUT2D eigenvalue weighted by Gasteiger charge is 2.37. The summed E-state index contributed by atoms with van der Waals surface area (Å²) in [7, 11) is 3.79. The van der Waals surface area contributed by atoms with Crippen LogP contribution in [0.1, 0.15) is 45.2 Å². The number of rotatable bonds is 6. The Bertz CT molecular complexity index is 477. The summed E-state index contributed by atoms with van der Waals surface area (Å²) in [5.41, 5.74) is 1.64. The fourth-order valence-corrected chi connectivity index (χ4v) is 3.24. The number of halogens is 1. The Hall–Kier alpha value is -0.790. The van der Waals surface area contributed by atoms with Crippen molar-refractivity contribution >= 4 is 29.9 Å². The van der Waals surface area contributed by atoms with Gasteiger partial charge in [-0.3, -0.25) is 9.67 Å². The summed E-state index contributed by atoms with van der Waals surface area (Å²) in [5.74, 6) is 1.64. The van der Waals surface area contributed by atoms with Crippen molar-refractivity contribution in [2.45, 2.75) is 46.1 Å². The van der Waals surface area contributed by atoms with Crippen molar-refractivity contribution in [3.05, 3.63) is 18.0 Å². The highest BCUT2D eigenvalue weighted by atomic mass is 127. The SMILES string of the molecule is CN=C(NCc1ccnn1C)NCC1(CC(C)C)CCC1.I. The van der Waals surface area contributed by atoms with E-state index in [-0.39, 0.29) is 24.0 Å². The van der Waals surface area contributed by atoms with Crippen molar-refractivity contribution in [2.24, 2.45) is 23.4 Å². The number of nitrogens with one attached hydrogen (secondary N) is 2. The van der Waals surface area contributed by atoms with E-state index >= 15 is 0 Å². The van der Waals surface area contributed by atoms with Crippen molar-refractivity contribution in [3.8, 4) is 0 Å². The third-order valence-electron chi connectivity index (χ3n) is 4.47. The van der Waals surface area contributed by atoms with E-state index in [4.69, 9.17) is 0 Å². The van der Waals surface area contributed by atoms with E-state index in [1.165, 1.54) is 25.7 Å². The lowest BCUT2D eigenvalue weighted by Gasteiger charge is -2.43. The fourth-order valence-electron chi connectivity index (χ4n) is 3.24. The van der Waals surface area contributed by atoms with E-state index in [2.05, 4.69) is 34.6 Å². The van der Waals surface area contributed by atoms with Crippen LogP contribution in [0.25, 0.3) is 0 Å². The van der Waals surface area contributed by atoms with E-state index in [0.29, 0.717) is 5.41 Å². The summed E-state index contributed by atoms with van der Waals surface area (Å²) < 4.78 is 1.88. The Labute approximate surface area is 151 Å². The second kappa shape index (κ2) is 8.74. The van der Waals surface area contributed by atoms with Crippen LogP contribution in [-0.2, 0) is 13.6 Å². The molecule has 0 radical (unpaired) electrons. The third kappa shape index (κ3) is 5.14. The van der Waals surface area contributed by atoms with Gasteiger partial charge in [-0.25, -0.2) is 0 Å². The number of guanidine groups is 1. The molecule has 1 heterocycles. The molecule has 6 heteroatoms. The Balaban J connectivity index is 0.00000242. The standard InChI is InChI=1S/C16H29N5.HI/c1-13(2)10-16(7-5-8-16)12-19-15(17-3)18-11-14-6-9-20-21(14)4;/h6,9,13H,5,7-8,10-12H2,1-4H3,(H2,17,18,19);1H. The van der Waals surface area contributed by atoms with Crippen LogP contribution in [-0.4, -0.2) is 29.3 Å². The van der Waals surface area contributed by atoms with Crippen LogP contribution in [0.3, 0.4) is 0 Å². The maximum atomic E-state index is 4.32. The average molecular weight is 419 g/mol. The van der Waals surface area contributed by atoms with Gasteiger partial charge in [0.15, 0.2) is 5.96 Å². The minimum atomic E-state index is 0. The summed E-state index contributed by atoms with van der Waals surface area (Å²) in [6.45, 7) is 6.40. The summed E-state index contributed by atoms with van der Waals surface area (Å²) in [6.07, 6.45) is 7.18. The summed E-state index contributed by atoms with van der Waals surface area (Å²) in [4.78, 5) is 4.32. The molecule has 126 valence electrons. The zero-order valence-electron chi connectivity index (χ0n) is 14.2. The molecule has 0 saturated heterocycles. The molecular formula is C16H30IN5. The van der Waals surface area contributed by atoms with Gasteiger partial charge in [-0.05, 0) is 36.7 Å². The van der Waals surface area contributed by atoms with Crippen molar-refractivity contribution in [2.75, 3.05) is 13.6 Å². The maximum Gasteiger partial charge on any atom is 0.191 e. The number of aromatic nitrogens is 2. The molecule has 22 heavy (non-hydrogen) atoms. The zero-order valence-corrected chi connectivity index (χ0v) is 16.6. The molecule has 2 N–H and O–H groups in total. The van der Waals surface area contributed by atoms with E-state index in [1.807, 2.05) is 31.0 Å². The molecule has 0 amide bonds. The molecule has 0 atom stereocenters. The van der Waals surface area contributed by atoms with Gasteiger partial charge in [0.2, 0.25) is 0 Å². The molecule has 0 bridgehead atoms. The van der Waals surface area contributed by atoms with Gasteiger partial charge in [-0.15, -0.1) is 24.0 Å². The molecule has 1 aromatic heterocycles. The van der Waals surface area contributed by atoms with Crippen LogP contribution in [0.5, 0.6) is 0 Å². The number of hydrogen-bond donors (Lipinski definition) is 2. The van der Waals surface area contributed by atoms with Gasteiger partial charge in [-0.2, -0.15) is 5.10 Å². The van der Waals surface area contributed by atoms with Gasteiger partial charge in [0.1, 0.15) is 0 Å². The molecule has 0 unspecified atom stereocenters. The second-order valence-electron chi connectivity index (χ2n) is 6.68. The molecule has 2 rings (SSSR count). The van der Waals surface area contributed by atoms with Gasteiger partial charge in [-0.1, -0.05) is 20.3 Å². The van der Waals surface area contributed by atoms with Gasteiger partial charge in [0.25, 0.3) is 0 Å². The Morgan fingerprint density at radius 3 is 2.59 bits per heavy atom. The molecule has 1 saturated carbocycles. The molecule has 5 nitrogen and oxygen atoms in total. The first kappa shape index (κ1) is 19.3. The van der Waals surface area contributed by atoms with Crippen LogP contribution in [0.2, 0.25) is 0 Å². The van der Waals surface area contributed by atoms with Gasteiger partial charge >= 0.3 is 0 Å². The minimum absolute atomic E-state index is 0. The fraction of sp³-hybridized carbons (Fsp3) is 0.750. The quantitative estimate of drug-likeness (QED) is 0.424. The summed E-state index contributed by atoms with van der Waals surface area (Å²) >= 11 is 0. The lowest BCUT2D eigenvalue weighted by Crippen LogP contribution is -2.46. The van der Waals surface area contributed by atoms with Gasteiger partial charge in [0, 0.05) is 26.8 Å². The van der Waals surface area contributed by atoms with Crippen molar-refractivity contribution in [1.29, 1.82) is 0 Å². The molecule has 1 aromatic rings. The van der Waals surface area contributed by atoms with Crippen LogP contribution in [0.4, 0.5) is 0 Å². The maximum absolute atomic E-state index is 4.32. The topological polar surface area (TPSA) is 54.2 Å². The first-order valence-corrected chi connectivity index (χ1v) is 7.96. The highest BCUT2D eigenvalue weighted by molar-refractivity contribution is 14.0. The van der Waals surface area contributed by atoms with Crippen molar-refractivity contribution in [3.63, 3.8) is 0 Å². The Morgan fingerprint density at radius 2 is 2.14 bits per heavy atom. The van der Waals surface area contributed by atoms with E-state index in [1.54, 1.807) is 0 Å². The first-order valence-electron chi connectivity index (χ1n) is 7.96. The van der Waals surface area contributed by atoms with Crippen LogP contribution < -0.4 is 10.6 Å². The smallest absolute Gasteiger partial charge is 0.191 e. The van der Waals surface area contributed by atoms with Crippen molar-refractivity contribution < 1.29 is 0 Å². The number of aliphatic imine (C=N–C) groups is 1. The highest BCUT2D eigenvalue weighted by Crippen LogP contribution is 2.45. The molecule has 1 aliphatic rings. The lowest BCUT2D eigenvalue weighted by molar-refractivity contribution is 0.104. The Kier molecular flexibility index (Phi) is 7.65. The molecule has 0 spiro atoms. The predicted octanol–water partition coefficient (Wildman–Crippen LogP) is 2.92. The van der Waals surface area contributed by atoms with Crippen molar-refractivity contribution in [1.82, 2.24) is 20.4 Å². The molecule has 1 fully saturated rings. The summed E-state index contributed by atoms with van der Waals surface area (Å²) in [5, 5.41) is 11.1. The first-order chi connectivity index (χ1) is 10.0. The third-order valence-corrected chi connectivity index (χ3v) is 4.47. The summed E-state index contributed by atoms with van der Waals surface area (Å²) in [6, 6.07) is 2.02. The molecule has 0 aliphatic heterocycles. The average Bonchev–Trinajstić information content (AvgIpc) is 2.80. The normalized spacial score (nSPS) is 16.9. The number of aryl methyl sites for hydroxylation is 1. The largest absolute Gasteiger partial charge is 0.356 e. The minimum Gasteiger partial charge on any atom is -0.356 e. The predicted molar refractivity (Wildman–Crippen MR) is 103 cm³/mol. The van der Waals surface area contributed by atoms with Crippen LogP contribution in [0, 0.1) is 11.3 Å². The zero-order chi connectivity index (χ0) is 15.3. The van der Waals surface area contributed by atoms with E-state index in [9.17, 15) is 0 Å². The van der Waals surface area contributed by atoms with Crippen LogP contribution >= 0.6 is 24.0 Å². The number of nitrogens with zero attached hydrogens (tertiary/aromatic N) is 3. The number of hydrogen-bond acceptors (Lipinski definition) is 2. The molecule has 0 aromatic carbocycles. The van der Waals surface area contributed by atoms with Gasteiger partial charge < -0.3 is 10.6 Å². The lowest BCUT2D eigenvalue weighted by atomic mass is 9.64. The van der Waals surface area contributed by atoms with Gasteiger partial charge in [0.05, 0.1) is 12.2 Å². The Morgan fingerprint density at radius 1 is 1.41 bits per heavy atom.